The number of rotatable bonds is 4. The summed E-state index contributed by atoms with van der Waals surface area (Å²) in [6.07, 6.45) is 3.46. The smallest absolute Gasteiger partial charge is 0.488 e. The van der Waals surface area contributed by atoms with E-state index < -0.39 is 7.12 Å². The number of hydrogen-bond donors (Lipinski definition) is 2. The topological polar surface area (TPSA) is 62.6 Å². The molecular formula is C13H14BNO3. The fourth-order valence-corrected chi connectivity index (χ4v) is 1.68. The molecule has 1 aromatic carbocycles. The quantitative estimate of drug-likeness (QED) is 0.774. The minimum Gasteiger partial charge on any atom is -0.489 e. The van der Waals surface area contributed by atoms with Gasteiger partial charge in [0.15, 0.2) is 0 Å². The van der Waals surface area contributed by atoms with Crippen LogP contribution >= 0.6 is 0 Å². The van der Waals surface area contributed by atoms with Crippen LogP contribution in [0.5, 0.6) is 5.75 Å². The van der Waals surface area contributed by atoms with Gasteiger partial charge in [-0.15, -0.1) is 0 Å². The molecule has 0 atom stereocenters. The highest BCUT2D eigenvalue weighted by Crippen LogP contribution is 2.13. The van der Waals surface area contributed by atoms with Crippen LogP contribution in [0.25, 0.3) is 0 Å². The number of ether oxygens (including phenoxy) is 1. The lowest BCUT2D eigenvalue weighted by Gasteiger charge is -2.09. The van der Waals surface area contributed by atoms with Crippen molar-refractivity contribution >= 4 is 12.6 Å². The van der Waals surface area contributed by atoms with Crippen LogP contribution in [0.15, 0.2) is 42.7 Å². The van der Waals surface area contributed by atoms with Crippen molar-refractivity contribution in [3.8, 4) is 5.75 Å². The highest BCUT2D eigenvalue weighted by atomic mass is 16.5. The second-order valence-corrected chi connectivity index (χ2v) is 4.04. The number of hydrogen-bond acceptors (Lipinski definition) is 4. The number of aryl methyl sites for hydroxylation is 1. The van der Waals surface area contributed by atoms with Crippen molar-refractivity contribution in [2.75, 3.05) is 0 Å². The van der Waals surface area contributed by atoms with E-state index in [9.17, 15) is 0 Å². The Morgan fingerprint density at radius 3 is 2.72 bits per heavy atom. The zero-order valence-electron chi connectivity index (χ0n) is 10.1. The van der Waals surface area contributed by atoms with Gasteiger partial charge in [0.05, 0.1) is 0 Å². The van der Waals surface area contributed by atoms with E-state index >= 15 is 0 Å². The minimum atomic E-state index is -1.45. The van der Waals surface area contributed by atoms with E-state index in [-0.39, 0.29) is 0 Å². The zero-order chi connectivity index (χ0) is 13.0. The molecule has 2 aromatic rings. The number of aromatic nitrogens is 1. The summed E-state index contributed by atoms with van der Waals surface area (Å²) in [6.45, 7) is 2.25. The molecule has 4 nitrogen and oxygen atoms in total. The molecule has 0 saturated heterocycles. The average molecular weight is 243 g/mol. The van der Waals surface area contributed by atoms with Gasteiger partial charge in [-0.25, -0.2) is 0 Å². The van der Waals surface area contributed by atoms with Crippen LogP contribution in [-0.4, -0.2) is 22.2 Å². The SMILES string of the molecule is Cc1cc(OCc2cccnc2)ccc1B(O)O. The molecule has 5 heteroatoms. The van der Waals surface area contributed by atoms with E-state index in [1.54, 1.807) is 30.6 Å². The van der Waals surface area contributed by atoms with Gasteiger partial charge in [-0.05, 0) is 36.1 Å². The Kier molecular flexibility index (Phi) is 3.97. The van der Waals surface area contributed by atoms with Gasteiger partial charge < -0.3 is 14.8 Å². The lowest BCUT2D eigenvalue weighted by Crippen LogP contribution is -2.31. The fourth-order valence-electron chi connectivity index (χ4n) is 1.68. The third-order valence-electron chi connectivity index (χ3n) is 2.65. The predicted molar refractivity (Wildman–Crippen MR) is 69.6 cm³/mol. The summed E-state index contributed by atoms with van der Waals surface area (Å²) in [7, 11) is -1.45. The van der Waals surface area contributed by atoms with Gasteiger partial charge in [0, 0.05) is 18.0 Å². The zero-order valence-corrected chi connectivity index (χ0v) is 10.1. The van der Waals surface area contributed by atoms with E-state index in [0.717, 1.165) is 11.1 Å². The molecule has 0 aliphatic heterocycles. The van der Waals surface area contributed by atoms with Gasteiger partial charge >= 0.3 is 7.12 Å². The molecule has 0 aliphatic rings. The van der Waals surface area contributed by atoms with Crippen LogP contribution < -0.4 is 10.2 Å². The van der Waals surface area contributed by atoms with Gasteiger partial charge in [-0.3, -0.25) is 4.98 Å². The highest BCUT2D eigenvalue weighted by molar-refractivity contribution is 6.59. The number of benzene rings is 1. The van der Waals surface area contributed by atoms with E-state index in [1.165, 1.54) is 0 Å². The molecule has 0 amide bonds. The summed E-state index contributed by atoms with van der Waals surface area (Å²) in [5.41, 5.74) is 2.26. The summed E-state index contributed by atoms with van der Waals surface area (Å²) in [4.78, 5) is 4.01. The number of pyridine rings is 1. The summed E-state index contributed by atoms with van der Waals surface area (Å²) in [5.74, 6) is 0.695. The third-order valence-corrected chi connectivity index (χ3v) is 2.65. The Labute approximate surface area is 106 Å². The van der Waals surface area contributed by atoms with Gasteiger partial charge in [0.25, 0.3) is 0 Å². The normalized spacial score (nSPS) is 10.2. The molecule has 0 unspecified atom stereocenters. The van der Waals surface area contributed by atoms with Crippen molar-refractivity contribution in [3.63, 3.8) is 0 Å². The maximum atomic E-state index is 9.11. The Bertz CT molecular complexity index is 517. The molecule has 0 saturated carbocycles. The van der Waals surface area contributed by atoms with Crippen molar-refractivity contribution in [1.29, 1.82) is 0 Å². The van der Waals surface area contributed by atoms with Crippen LogP contribution in [0.1, 0.15) is 11.1 Å². The molecular weight excluding hydrogens is 229 g/mol. The van der Waals surface area contributed by atoms with Crippen LogP contribution in [0.3, 0.4) is 0 Å². The fraction of sp³-hybridized carbons (Fsp3) is 0.154. The average Bonchev–Trinajstić information content (AvgIpc) is 2.37. The van der Waals surface area contributed by atoms with Gasteiger partial charge in [-0.2, -0.15) is 0 Å². The van der Waals surface area contributed by atoms with E-state index in [4.69, 9.17) is 14.8 Å². The van der Waals surface area contributed by atoms with Crippen LogP contribution in [-0.2, 0) is 6.61 Å². The Morgan fingerprint density at radius 2 is 2.11 bits per heavy atom. The molecule has 0 radical (unpaired) electrons. The monoisotopic (exact) mass is 243 g/mol. The van der Waals surface area contributed by atoms with Crippen LogP contribution in [0.4, 0.5) is 0 Å². The first-order valence-electron chi connectivity index (χ1n) is 5.65. The molecule has 2 rings (SSSR count). The lowest BCUT2D eigenvalue weighted by atomic mass is 9.77. The van der Waals surface area contributed by atoms with Crippen molar-refractivity contribution in [3.05, 3.63) is 53.9 Å². The summed E-state index contributed by atoms with van der Waals surface area (Å²) < 4.78 is 5.60. The molecule has 1 aromatic heterocycles. The molecule has 1 heterocycles. The van der Waals surface area contributed by atoms with E-state index in [1.807, 2.05) is 19.1 Å². The molecule has 0 aliphatic carbocycles. The Hall–Kier alpha value is -1.85. The first-order chi connectivity index (χ1) is 8.66. The Morgan fingerprint density at radius 1 is 1.28 bits per heavy atom. The van der Waals surface area contributed by atoms with E-state index in [2.05, 4.69) is 4.98 Å². The van der Waals surface area contributed by atoms with Gasteiger partial charge in [-0.1, -0.05) is 12.1 Å². The second-order valence-electron chi connectivity index (χ2n) is 4.04. The third kappa shape index (κ3) is 3.09. The molecule has 0 spiro atoms. The van der Waals surface area contributed by atoms with Crippen molar-refractivity contribution in [2.45, 2.75) is 13.5 Å². The van der Waals surface area contributed by atoms with Crippen molar-refractivity contribution in [1.82, 2.24) is 4.98 Å². The van der Waals surface area contributed by atoms with Crippen molar-refractivity contribution in [2.24, 2.45) is 0 Å². The van der Waals surface area contributed by atoms with Crippen LogP contribution in [0, 0.1) is 6.92 Å². The lowest BCUT2D eigenvalue weighted by molar-refractivity contribution is 0.305. The van der Waals surface area contributed by atoms with Gasteiger partial charge in [0.1, 0.15) is 12.4 Å². The van der Waals surface area contributed by atoms with Crippen LogP contribution in [0.2, 0.25) is 0 Å². The number of nitrogens with zero attached hydrogens (tertiary/aromatic N) is 1. The van der Waals surface area contributed by atoms with Gasteiger partial charge in [0.2, 0.25) is 0 Å². The first kappa shape index (κ1) is 12.6. The Balaban J connectivity index is 2.05. The predicted octanol–water partition coefficient (Wildman–Crippen LogP) is 0.649. The summed E-state index contributed by atoms with van der Waals surface area (Å²) in [5, 5.41) is 18.2. The first-order valence-corrected chi connectivity index (χ1v) is 5.65. The molecule has 92 valence electrons. The second kappa shape index (κ2) is 5.66. The van der Waals surface area contributed by atoms with E-state index in [0.29, 0.717) is 17.8 Å². The summed E-state index contributed by atoms with van der Waals surface area (Å²) in [6, 6.07) is 8.95. The molecule has 18 heavy (non-hydrogen) atoms. The standard InChI is InChI=1S/C13H14BNO3/c1-10-7-12(4-5-13(10)14(16)17)18-9-11-3-2-6-15-8-11/h2-8,16-17H,9H2,1H3. The molecule has 0 fully saturated rings. The molecule has 2 N–H and O–H groups in total. The van der Waals surface area contributed by atoms with Crippen molar-refractivity contribution < 1.29 is 14.8 Å². The maximum absolute atomic E-state index is 9.11. The maximum Gasteiger partial charge on any atom is 0.488 e. The molecule has 0 bridgehead atoms. The highest BCUT2D eigenvalue weighted by Gasteiger charge is 2.13. The minimum absolute atomic E-state index is 0.439. The largest absolute Gasteiger partial charge is 0.489 e. The summed E-state index contributed by atoms with van der Waals surface area (Å²) >= 11 is 0.